The number of nitrogens with zero attached hydrogens (tertiary/aromatic N) is 1. The van der Waals surface area contributed by atoms with E-state index in [-0.39, 0.29) is 24.8 Å². The van der Waals surface area contributed by atoms with Crippen molar-refractivity contribution in [1.29, 1.82) is 0 Å². The first-order chi connectivity index (χ1) is 5.86. The molecule has 0 amide bonds. The van der Waals surface area contributed by atoms with E-state index in [2.05, 4.69) is 4.99 Å². The van der Waals surface area contributed by atoms with Gasteiger partial charge in [-0.3, -0.25) is 4.99 Å². The van der Waals surface area contributed by atoms with Crippen LogP contribution in [0.1, 0.15) is 13.8 Å². The fourth-order valence-corrected chi connectivity index (χ4v) is 0.566. The number of carboxylic acids is 1. The van der Waals surface area contributed by atoms with Crippen molar-refractivity contribution < 1.29 is 9.90 Å². The fourth-order valence-electron chi connectivity index (χ4n) is 0.566. The van der Waals surface area contributed by atoms with E-state index in [1.807, 2.05) is 0 Å². The van der Waals surface area contributed by atoms with Crippen LogP contribution in [0.5, 0.6) is 0 Å². The van der Waals surface area contributed by atoms with Gasteiger partial charge in [0.15, 0.2) is 0 Å². The SMILES string of the molecule is CC(N)=NC/C=C\C(C)(N)C(=O)O.Cl.Cl. The van der Waals surface area contributed by atoms with E-state index in [1.165, 1.54) is 13.0 Å². The molecular weight excluding hydrogens is 241 g/mol. The van der Waals surface area contributed by atoms with Crippen LogP contribution in [0.4, 0.5) is 0 Å². The molecule has 0 rings (SSSR count). The molecule has 5 nitrogen and oxygen atoms in total. The van der Waals surface area contributed by atoms with Crippen molar-refractivity contribution in [3.63, 3.8) is 0 Å². The average Bonchev–Trinajstić information content (AvgIpc) is 1.97. The number of hydrogen-bond acceptors (Lipinski definition) is 3. The maximum absolute atomic E-state index is 10.5. The third-order valence-electron chi connectivity index (χ3n) is 1.37. The van der Waals surface area contributed by atoms with Crippen molar-refractivity contribution in [2.75, 3.05) is 6.54 Å². The largest absolute Gasteiger partial charge is 0.480 e. The van der Waals surface area contributed by atoms with Crippen LogP contribution in [-0.4, -0.2) is 29.0 Å². The van der Waals surface area contributed by atoms with E-state index >= 15 is 0 Å². The number of carboxylic acid groups (broad SMARTS) is 1. The maximum atomic E-state index is 10.5. The third-order valence-corrected chi connectivity index (χ3v) is 1.37. The Hall–Kier alpha value is -0.780. The van der Waals surface area contributed by atoms with Gasteiger partial charge in [0.25, 0.3) is 0 Å². The van der Waals surface area contributed by atoms with E-state index in [1.54, 1.807) is 13.0 Å². The Morgan fingerprint density at radius 2 is 2.00 bits per heavy atom. The highest BCUT2D eigenvalue weighted by Crippen LogP contribution is 2.00. The van der Waals surface area contributed by atoms with E-state index in [4.69, 9.17) is 16.6 Å². The Balaban J connectivity index is -0.000000720. The van der Waals surface area contributed by atoms with Gasteiger partial charge in [0.2, 0.25) is 0 Å². The molecule has 0 aliphatic heterocycles. The topological polar surface area (TPSA) is 102 Å². The van der Waals surface area contributed by atoms with Crippen molar-refractivity contribution in [2.45, 2.75) is 19.4 Å². The molecule has 0 aliphatic carbocycles. The molecule has 0 fully saturated rings. The lowest BCUT2D eigenvalue weighted by molar-refractivity contribution is -0.140. The van der Waals surface area contributed by atoms with E-state index in [0.29, 0.717) is 12.4 Å². The van der Waals surface area contributed by atoms with Crippen LogP contribution in [-0.2, 0) is 4.79 Å². The molecule has 1 unspecified atom stereocenters. The summed E-state index contributed by atoms with van der Waals surface area (Å²) in [5.41, 5.74) is 9.35. The van der Waals surface area contributed by atoms with Gasteiger partial charge in [-0.2, -0.15) is 0 Å². The number of amidine groups is 1. The lowest BCUT2D eigenvalue weighted by Crippen LogP contribution is -2.42. The van der Waals surface area contributed by atoms with Gasteiger partial charge in [-0.25, -0.2) is 4.79 Å². The molecule has 0 bridgehead atoms. The minimum Gasteiger partial charge on any atom is -0.480 e. The first-order valence-electron chi connectivity index (χ1n) is 3.83. The number of aliphatic imine (C=N–C) groups is 1. The third kappa shape index (κ3) is 9.52. The molecule has 0 radical (unpaired) electrons. The van der Waals surface area contributed by atoms with Crippen LogP contribution in [0.15, 0.2) is 17.1 Å². The monoisotopic (exact) mass is 257 g/mol. The molecule has 0 saturated carbocycles. The number of hydrogen-bond donors (Lipinski definition) is 3. The summed E-state index contributed by atoms with van der Waals surface area (Å²) in [6.07, 6.45) is 2.96. The summed E-state index contributed by atoms with van der Waals surface area (Å²) in [7, 11) is 0. The highest BCUT2D eigenvalue weighted by atomic mass is 35.5. The number of aliphatic carboxylic acids is 1. The normalized spacial score (nSPS) is 15.0. The number of rotatable bonds is 4. The molecule has 0 aromatic carbocycles. The van der Waals surface area contributed by atoms with E-state index in [0.717, 1.165) is 0 Å². The summed E-state index contributed by atoms with van der Waals surface area (Å²) >= 11 is 0. The molecule has 0 aromatic heterocycles. The Morgan fingerprint density at radius 3 is 2.33 bits per heavy atom. The second-order valence-electron chi connectivity index (χ2n) is 2.97. The van der Waals surface area contributed by atoms with Crippen LogP contribution in [0, 0.1) is 0 Å². The molecule has 0 aromatic rings. The smallest absolute Gasteiger partial charge is 0.327 e. The van der Waals surface area contributed by atoms with E-state index in [9.17, 15) is 4.79 Å². The molecular formula is C8H17Cl2N3O2. The summed E-state index contributed by atoms with van der Waals surface area (Å²) in [5, 5.41) is 8.61. The van der Waals surface area contributed by atoms with Gasteiger partial charge in [-0.05, 0) is 13.8 Å². The molecule has 1 atom stereocenters. The Morgan fingerprint density at radius 1 is 1.53 bits per heavy atom. The zero-order valence-corrected chi connectivity index (χ0v) is 10.3. The zero-order valence-electron chi connectivity index (χ0n) is 8.64. The average molecular weight is 258 g/mol. The number of halogens is 2. The predicted molar refractivity (Wildman–Crippen MR) is 66.0 cm³/mol. The minimum atomic E-state index is -1.34. The molecule has 7 heteroatoms. The van der Waals surface area contributed by atoms with Gasteiger partial charge >= 0.3 is 5.97 Å². The first-order valence-corrected chi connectivity index (χ1v) is 3.83. The van der Waals surface area contributed by atoms with Crippen LogP contribution in [0.2, 0.25) is 0 Å². The number of nitrogens with two attached hydrogens (primary N) is 2. The zero-order chi connectivity index (χ0) is 10.5. The summed E-state index contributed by atoms with van der Waals surface area (Å²) in [5.74, 6) is -0.615. The van der Waals surface area contributed by atoms with Crippen molar-refractivity contribution in [3.8, 4) is 0 Å². The number of carbonyl (C=O) groups is 1. The highest BCUT2D eigenvalue weighted by molar-refractivity contribution is 5.85. The first kappa shape index (κ1) is 19.7. The van der Waals surface area contributed by atoms with Gasteiger partial charge in [0, 0.05) is 0 Å². The fraction of sp³-hybridized carbons (Fsp3) is 0.500. The molecule has 0 aliphatic rings. The van der Waals surface area contributed by atoms with Crippen LogP contribution in [0.3, 0.4) is 0 Å². The molecule has 0 saturated heterocycles. The summed E-state index contributed by atoms with van der Waals surface area (Å²) < 4.78 is 0. The van der Waals surface area contributed by atoms with Crippen LogP contribution in [0.25, 0.3) is 0 Å². The molecule has 15 heavy (non-hydrogen) atoms. The Bertz CT molecular complexity index is 248. The molecule has 0 heterocycles. The Labute approximate surface area is 101 Å². The molecule has 90 valence electrons. The lowest BCUT2D eigenvalue weighted by atomic mass is 10.0. The van der Waals surface area contributed by atoms with Gasteiger partial charge in [-0.1, -0.05) is 12.2 Å². The van der Waals surface area contributed by atoms with Gasteiger partial charge in [-0.15, -0.1) is 24.8 Å². The molecule has 5 N–H and O–H groups in total. The van der Waals surface area contributed by atoms with Crippen molar-refractivity contribution in [3.05, 3.63) is 12.2 Å². The van der Waals surface area contributed by atoms with Gasteiger partial charge < -0.3 is 16.6 Å². The maximum Gasteiger partial charge on any atom is 0.327 e. The predicted octanol–water partition coefficient (Wildman–Crippen LogP) is 0.565. The summed E-state index contributed by atoms with van der Waals surface area (Å²) in [4.78, 5) is 14.4. The van der Waals surface area contributed by atoms with Crippen molar-refractivity contribution in [2.24, 2.45) is 16.5 Å². The van der Waals surface area contributed by atoms with E-state index < -0.39 is 11.5 Å². The quantitative estimate of drug-likeness (QED) is 0.389. The van der Waals surface area contributed by atoms with Gasteiger partial charge in [0.1, 0.15) is 5.54 Å². The summed E-state index contributed by atoms with van der Waals surface area (Å²) in [6, 6.07) is 0. The second kappa shape index (κ2) is 8.52. The summed E-state index contributed by atoms with van der Waals surface area (Å²) in [6.45, 7) is 3.42. The van der Waals surface area contributed by atoms with Crippen LogP contribution >= 0.6 is 24.8 Å². The minimum absolute atomic E-state index is 0. The van der Waals surface area contributed by atoms with Gasteiger partial charge in [0.05, 0.1) is 12.4 Å². The van der Waals surface area contributed by atoms with Crippen LogP contribution < -0.4 is 11.5 Å². The lowest BCUT2D eigenvalue weighted by Gasteiger charge is -2.12. The standard InChI is InChI=1S/C8H15N3O2.2ClH/c1-6(9)11-5-3-4-8(2,10)7(12)13;;/h3-4H,5,10H2,1-2H3,(H2,9,11)(H,12,13);2*1H/b4-3-;;. The second-order valence-corrected chi connectivity index (χ2v) is 2.97. The molecule has 0 spiro atoms. The van der Waals surface area contributed by atoms with Crippen molar-refractivity contribution >= 4 is 36.6 Å². The van der Waals surface area contributed by atoms with Crippen molar-refractivity contribution in [1.82, 2.24) is 0 Å². The highest BCUT2D eigenvalue weighted by Gasteiger charge is 2.23. The Kier molecular flexibility index (Phi) is 11.2.